The molecule has 1 aliphatic rings. The van der Waals surface area contributed by atoms with Crippen LogP contribution < -0.4 is 10.2 Å². The molecule has 2 aromatic rings. The molecule has 110 valence electrons. The number of benzene rings is 1. The SMILES string of the molecule is CCN(C(=O)C1Cc2nc[nH]c2CN1)c1cccc(O)c1. The molecular weight excluding hydrogens is 268 g/mol. The van der Waals surface area contributed by atoms with Crippen molar-refractivity contribution >= 4 is 11.6 Å². The largest absolute Gasteiger partial charge is 0.508 e. The second-order valence-electron chi connectivity index (χ2n) is 5.07. The summed E-state index contributed by atoms with van der Waals surface area (Å²) in [6.07, 6.45) is 2.24. The maximum absolute atomic E-state index is 12.7. The fraction of sp³-hybridized carbons (Fsp3) is 0.333. The molecule has 1 aromatic heterocycles. The van der Waals surface area contributed by atoms with Crippen LogP contribution in [0.1, 0.15) is 18.3 Å². The van der Waals surface area contributed by atoms with Gasteiger partial charge in [-0.25, -0.2) is 4.98 Å². The molecule has 1 unspecified atom stereocenters. The summed E-state index contributed by atoms with van der Waals surface area (Å²) in [6, 6.07) is 6.47. The minimum atomic E-state index is -0.289. The van der Waals surface area contributed by atoms with Gasteiger partial charge in [-0.05, 0) is 19.1 Å². The molecule has 0 saturated carbocycles. The first-order chi connectivity index (χ1) is 10.2. The van der Waals surface area contributed by atoms with E-state index in [1.54, 1.807) is 29.4 Å². The Balaban J connectivity index is 1.80. The molecule has 3 N–H and O–H groups in total. The smallest absolute Gasteiger partial charge is 0.244 e. The van der Waals surface area contributed by atoms with E-state index in [9.17, 15) is 9.90 Å². The quantitative estimate of drug-likeness (QED) is 0.791. The Labute approximate surface area is 122 Å². The molecule has 0 fully saturated rings. The molecule has 2 heterocycles. The van der Waals surface area contributed by atoms with Gasteiger partial charge in [0.15, 0.2) is 0 Å². The molecule has 0 saturated heterocycles. The second-order valence-corrected chi connectivity index (χ2v) is 5.07. The summed E-state index contributed by atoms with van der Waals surface area (Å²) >= 11 is 0. The molecule has 0 bridgehead atoms. The molecule has 0 spiro atoms. The van der Waals surface area contributed by atoms with Crippen molar-refractivity contribution in [3.8, 4) is 5.75 Å². The van der Waals surface area contributed by atoms with E-state index in [4.69, 9.17) is 0 Å². The molecule has 21 heavy (non-hydrogen) atoms. The number of hydrogen-bond donors (Lipinski definition) is 3. The number of anilines is 1. The predicted octanol–water partition coefficient (Wildman–Crippen LogP) is 1.18. The number of aromatic nitrogens is 2. The number of likely N-dealkylation sites (N-methyl/N-ethyl adjacent to an activating group) is 1. The van der Waals surface area contributed by atoms with Crippen molar-refractivity contribution in [1.82, 2.24) is 15.3 Å². The van der Waals surface area contributed by atoms with Crippen molar-refractivity contribution < 1.29 is 9.90 Å². The van der Waals surface area contributed by atoms with Crippen LogP contribution in [-0.4, -0.2) is 33.6 Å². The maximum Gasteiger partial charge on any atom is 0.244 e. The van der Waals surface area contributed by atoms with Gasteiger partial charge in [0.2, 0.25) is 5.91 Å². The molecule has 0 radical (unpaired) electrons. The third-order valence-electron chi connectivity index (χ3n) is 3.75. The summed E-state index contributed by atoms with van der Waals surface area (Å²) in [4.78, 5) is 21.7. The van der Waals surface area contributed by atoms with Gasteiger partial charge in [0.05, 0.1) is 23.8 Å². The van der Waals surface area contributed by atoms with Gasteiger partial charge in [-0.3, -0.25) is 10.1 Å². The third-order valence-corrected chi connectivity index (χ3v) is 3.75. The van der Waals surface area contributed by atoms with E-state index in [1.165, 1.54) is 0 Å². The molecule has 3 rings (SSSR count). The van der Waals surface area contributed by atoms with Gasteiger partial charge in [-0.1, -0.05) is 6.07 Å². The van der Waals surface area contributed by atoms with E-state index in [0.29, 0.717) is 25.2 Å². The first-order valence-corrected chi connectivity index (χ1v) is 7.04. The number of nitrogens with zero attached hydrogens (tertiary/aromatic N) is 2. The first-order valence-electron chi connectivity index (χ1n) is 7.04. The monoisotopic (exact) mass is 286 g/mol. The summed E-state index contributed by atoms with van der Waals surface area (Å²) in [5.41, 5.74) is 2.69. The Kier molecular flexibility index (Phi) is 3.62. The standard InChI is InChI=1S/C15H18N4O2/c1-2-19(10-4-3-5-11(20)6-10)15(21)13-7-12-14(8-16-13)18-9-17-12/h3-6,9,13,16,20H,2,7-8H2,1H3,(H,17,18). The average molecular weight is 286 g/mol. The van der Waals surface area contributed by atoms with E-state index < -0.39 is 0 Å². The number of hydrogen-bond acceptors (Lipinski definition) is 4. The highest BCUT2D eigenvalue weighted by Crippen LogP contribution is 2.22. The summed E-state index contributed by atoms with van der Waals surface area (Å²) < 4.78 is 0. The van der Waals surface area contributed by atoms with Crippen LogP contribution >= 0.6 is 0 Å². The average Bonchev–Trinajstić information content (AvgIpc) is 2.95. The van der Waals surface area contributed by atoms with E-state index in [-0.39, 0.29) is 17.7 Å². The van der Waals surface area contributed by atoms with Gasteiger partial charge in [-0.2, -0.15) is 0 Å². The topological polar surface area (TPSA) is 81.2 Å². The number of aromatic amines is 1. The van der Waals surface area contributed by atoms with Crippen LogP contribution in [0.5, 0.6) is 5.75 Å². The lowest BCUT2D eigenvalue weighted by Gasteiger charge is -2.29. The van der Waals surface area contributed by atoms with E-state index in [0.717, 1.165) is 11.4 Å². The lowest BCUT2D eigenvalue weighted by atomic mass is 10.0. The van der Waals surface area contributed by atoms with E-state index in [1.807, 2.05) is 13.0 Å². The van der Waals surface area contributed by atoms with Crippen LogP contribution in [0.25, 0.3) is 0 Å². The zero-order chi connectivity index (χ0) is 14.8. The molecule has 0 aliphatic carbocycles. The van der Waals surface area contributed by atoms with Crippen LogP contribution in [0.3, 0.4) is 0 Å². The highest BCUT2D eigenvalue weighted by molar-refractivity contribution is 5.97. The fourth-order valence-corrected chi connectivity index (χ4v) is 2.66. The van der Waals surface area contributed by atoms with Crippen molar-refractivity contribution in [2.24, 2.45) is 0 Å². The van der Waals surface area contributed by atoms with Gasteiger partial charge in [-0.15, -0.1) is 0 Å². The number of imidazole rings is 1. The molecule has 1 aromatic carbocycles. The zero-order valence-electron chi connectivity index (χ0n) is 11.8. The lowest BCUT2D eigenvalue weighted by molar-refractivity contribution is -0.120. The molecule has 6 heteroatoms. The second kappa shape index (κ2) is 5.57. The molecule has 1 aliphatic heterocycles. The summed E-state index contributed by atoms with van der Waals surface area (Å²) in [7, 11) is 0. The Morgan fingerprint density at radius 3 is 3.14 bits per heavy atom. The third kappa shape index (κ3) is 2.62. The summed E-state index contributed by atoms with van der Waals surface area (Å²) in [6.45, 7) is 3.09. The number of rotatable bonds is 3. The molecule has 6 nitrogen and oxygen atoms in total. The number of fused-ring (bicyclic) bond motifs is 1. The maximum atomic E-state index is 12.7. The normalized spacial score (nSPS) is 17.3. The molecule has 1 amide bonds. The number of carbonyl (C=O) groups excluding carboxylic acids is 1. The number of nitrogens with one attached hydrogen (secondary N) is 2. The van der Waals surface area contributed by atoms with Crippen molar-refractivity contribution in [1.29, 1.82) is 0 Å². The van der Waals surface area contributed by atoms with E-state index in [2.05, 4.69) is 15.3 Å². The van der Waals surface area contributed by atoms with Crippen molar-refractivity contribution in [3.05, 3.63) is 42.0 Å². The van der Waals surface area contributed by atoms with Gasteiger partial charge in [0.25, 0.3) is 0 Å². The van der Waals surface area contributed by atoms with Crippen molar-refractivity contribution in [2.45, 2.75) is 25.9 Å². The zero-order valence-corrected chi connectivity index (χ0v) is 11.8. The number of H-pyrrole nitrogens is 1. The molecular formula is C15H18N4O2. The van der Waals surface area contributed by atoms with Crippen molar-refractivity contribution in [2.75, 3.05) is 11.4 Å². The van der Waals surface area contributed by atoms with E-state index >= 15 is 0 Å². The summed E-state index contributed by atoms with van der Waals surface area (Å²) in [5.74, 6) is 0.154. The Morgan fingerprint density at radius 2 is 2.38 bits per heavy atom. The summed E-state index contributed by atoms with van der Waals surface area (Å²) in [5, 5.41) is 12.8. The fourth-order valence-electron chi connectivity index (χ4n) is 2.66. The number of phenolic OH excluding ortho intramolecular Hbond substituents is 1. The molecule has 1 atom stereocenters. The Bertz CT molecular complexity index is 653. The van der Waals surface area contributed by atoms with Gasteiger partial charge in [0.1, 0.15) is 5.75 Å². The Morgan fingerprint density at radius 1 is 1.52 bits per heavy atom. The minimum Gasteiger partial charge on any atom is -0.508 e. The van der Waals surface area contributed by atoms with Crippen LogP contribution in [-0.2, 0) is 17.8 Å². The van der Waals surface area contributed by atoms with Gasteiger partial charge >= 0.3 is 0 Å². The highest BCUT2D eigenvalue weighted by atomic mass is 16.3. The first kappa shape index (κ1) is 13.6. The number of carbonyl (C=O) groups is 1. The Hall–Kier alpha value is -2.34. The number of amides is 1. The van der Waals surface area contributed by atoms with Crippen LogP contribution in [0.4, 0.5) is 5.69 Å². The number of phenols is 1. The van der Waals surface area contributed by atoms with Crippen LogP contribution in [0.2, 0.25) is 0 Å². The number of aromatic hydroxyl groups is 1. The highest BCUT2D eigenvalue weighted by Gasteiger charge is 2.29. The van der Waals surface area contributed by atoms with Crippen LogP contribution in [0.15, 0.2) is 30.6 Å². The van der Waals surface area contributed by atoms with Crippen molar-refractivity contribution in [3.63, 3.8) is 0 Å². The predicted molar refractivity (Wildman–Crippen MR) is 79.1 cm³/mol. The van der Waals surface area contributed by atoms with Gasteiger partial charge < -0.3 is 15.0 Å². The minimum absolute atomic E-state index is 0.00301. The lowest BCUT2D eigenvalue weighted by Crippen LogP contribution is -2.49. The van der Waals surface area contributed by atoms with Crippen LogP contribution in [0, 0.1) is 0 Å². The van der Waals surface area contributed by atoms with Gasteiger partial charge in [0, 0.05) is 31.3 Å².